The molecule has 0 atom stereocenters. The third-order valence-electron chi connectivity index (χ3n) is 2.31. The van der Waals surface area contributed by atoms with Crippen LogP contribution in [0.1, 0.15) is 25.3 Å². The van der Waals surface area contributed by atoms with Crippen LogP contribution in [0.15, 0.2) is 18.2 Å². The van der Waals surface area contributed by atoms with Crippen LogP contribution in [0.3, 0.4) is 0 Å². The van der Waals surface area contributed by atoms with Crippen molar-refractivity contribution < 1.29 is 9.84 Å². The minimum Gasteiger partial charge on any atom is -0.508 e. The van der Waals surface area contributed by atoms with E-state index in [0.29, 0.717) is 12.3 Å². The van der Waals surface area contributed by atoms with E-state index in [1.165, 1.54) is 6.42 Å². The highest BCUT2D eigenvalue weighted by atomic mass is 16.5. The number of aromatic hydroxyl groups is 1. The second-order valence-corrected chi connectivity index (χ2v) is 3.52. The number of unbranched alkanes of at least 4 members (excludes halogenated alkanes) is 1. The Morgan fingerprint density at radius 2 is 2.20 bits per heavy atom. The third-order valence-corrected chi connectivity index (χ3v) is 2.31. The molecule has 0 amide bonds. The summed E-state index contributed by atoms with van der Waals surface area (Å²) in [5, 5.41) is 12.9. The van der Waals surface area contributed by atoms with Crippen LogP contribution in [0.4, 0.5) is 0 Å². The molecular formula is C12H19NO2. The van der Waals surface area contributed by atoms with E-state index in [1.807, 2.05) is 6.07 Å². The summed E-state index contributed by atoms with van der Waals surface area (Å²) in [5.74, 6) is 1.10. The molecule has 0 aromatic heterocycles. The Bertz CT molecular complexity index is 300. The molecular weight excluding hydrogens is 190 g/mol. The number of hydrogen-bond donors (Lipinski definition) is 2. The summed E-state index contributed by atoms with van der Waals surface area (Å²) >= 11 is 0. The maximum atomic E-state index is 9.59. The van der Waals surface area contributed by atoms with Gasteiger partial charge in [-0.1, -0.05) is 13.3 Å². The number of methoxy groups -OCH3 is 1. The first-order chi connectivity index (χ1) is 7.27. The molecule has 0 saturated heterocycles. The van der Waals surface area contributed by atoms with E-state index in [2.05, 4.69) is 12.2 Å². The third kappa shape index (κ3) is 3.80. The normalized spacial score (nSPS) is 10.3. The molecule has 15 heavy (non-hydrogen) atoms. The van der Waals surface area contributed by atoms with Crippen LogP contribution in [0.25, 0.3) is 0 Å². The minimum absolute atomic E-state index is 0.319. The zero-order valence-electron chi connectivity index (χ0n) is 9.42. The molecule has 0 heterocycles. The SMILES string of the molecule is CCCCNCc1cc(OC)ccc1O. The van der Waals surface area contributed by atoms with Crippen molar-refractivity contribution >= 4 is 0 Å². The van der Waals surface area contributed by atoms with Crippen molar-refractivity contribution in [3.63, 3.8) is 0 Å². The average molecular weight is 209 g/mol. The van der Waals surface area contributed by atoms with Gasteiger partial charge < -0.3 is 15.2 Å². The van der Waals surface area contributed by atoms with Crippen molar-refractivity contribution in [3.05, 3.63) is 23.8 Å². The van der Waals surface area contributed by atoms with Crippen molar-refractivity contribution in [2.75, 3.05) is 13.7 Å². The van der Waals surface area contributed by atoms with Crippen LogP contribution >= 0.6 is 0 Å². The first-order valence-electron chi connectivity index (χ1n) is 5.34. The van der Waals surface area contributed by atoms with Crippen LogP contribution in [0.5, 0.6) is 11.5 Å². The summed E-state index contributed by atoms with van der Waals surface area (Å²) in [6.07, 6.45) is 2.34. The molecule has 0 unspecified atom stereocenters. The monoisotopic (exact) mass is 209 g/mol. The minimum atomic E-state index is 0.319. The number of rotatable bonds is 6. The summed E-state index contributed by atoms with van der Waals surface area (Å²) in [6.45, 7) is 3.82. The Kier molecular flexibility index (Phi) is 4.98. The van der Waals surface area contributed by atoms with Gasteiger partial charge in [-0.3, -0.25) is 0 Å². The lowest BCUT2D eigenvalue weighted by atomic mass is 10.2. The number of phenols is 1. The number of ether oxygens (including phenoxy) is 1. The summed E-state index contributed by atoms with van der Waals surface area (Å²) in [7, 11) is 1.63. The maximum absolute atomic E-state index is 9.59. The van der Waals surface area contributed by atoms with Gasteiger partial charge in [-0.05, 0) is 31.2 Å². The van der Waals surface area contributed by atoms with Crippen LogP contribution in [0, 0.1) is 0 Å². The molecule has 0 bridgehead atoms. The lowest BCUT2D eigenvalue weighted by Crippen LogP contribution is -2.14. The van der Waals surface area contributed by atoms with Crippen molar-refractivity contribution in [2.45, 2.75) is 26.3 Å². The Morgan fingerprint density at radius 3 is 2.87 bits per heavy atom. The van der Waals surface area contributed by atoms with Crippen molar-refractivity contribution in [3.8, 4) is 11.5 Å². The van der Waals surface area contributed by atoms with Gasteiger partial charge in [0.15, 0.2) is 0 Å². The fourth-order valence-corrected chi connectivity index (χ4v) is 1.36. The van der Waals surface area contributed by atoms with E-state index in [1.54, 1.807) is 19.2 Å². The summed E-state index contributed by atoms with van der Waals surface area (Å²) < 4.78 is 5.10. The molecule has 0 radical (unpaired) electrons. The molecule has 3 heteroatoms. The quantitative estimate of drug-likeness (QED) is 0.706. The highest BCUT2D eigenvalue weighted by molar-refractivity contribution is 5.39. The van der Waals surface area contributed by atoms with Gasteiger partial charge in [0.2, 0.25) is 0 Å². The number of phenolic OH excluding ortho intramolecular Hbond substituents is 1. The van der Waals surface area contributed by atoms with E-state index < -0.39 is 0 Å². The summed E-state index contributed by atoms with van der Waals surface area (Å²) in [6, 6.07) is 5.27. The fourth-order valence-electron chi connectivity index (χ4n) is 1.36. The molecule has 1 aromatic rings. The molecule has 0 aliphatic heterocycles. The Balaban J connectivity index is 2.51. The molecule has 0 aliphatic rings. The maximum Gasteiger partial charge on any atom is 0.120 e. The van der Waals surface area contributed by atoms with E-state index in [4.69, 9.17) is 4.74 Å². The molecule has 2 N–H and O–H groups in total. The predicted octanol–water partition coefficient (Wildman–Crippen LogP) is 2.29. The largest absolute Gasteiger partial charge is 0.508 e. The van der Waals surface area contributed by atoms with E-state index in [-0.39, 0.29) is 0 Å². The van der Waals surface area contributed by atoms with Gasteiger partial charge in [-0.25, -0.2) is 0 Å². The molecule has 0 fully saturated rings. The molecule has 0 aliphatic carbocycles. The second kappa shape index (κ2) is 6.30. The lowest BCUT2D eigenvalue weighted by molar-refractivity contribution is 0.410. The van der Waals surface area contributed by atoms with Gasteiger partial charge in [0.05, 0.1) is 7.11 Å². The predicted molar refractivity (Wildman–Crippen MR) is 61.3 cm³/mol. The topological polar surface area (TPSA) is 41.5 Å². The highest BCUT2D eigenvalue weighted by Gasteiger charge is 2.02. The average Bonchev–Trinajstić information content (AvgIpc) is 2.26. The molecule has 3 nitrogen and oxygen atoms in total. The first kappa shape index (κ1) is 11.9. The van der Waals surface area contributed by atoms with E-state index in [9.17, 15) is 5.11 Å². The van der Waals surface area contributed by atoms with Crippen LogP contribution in [-0.4, -0.2) is 18.8 Å². The number of hydrogen-bond acceptors (Lipinski definition) is 3. The Hall–Kier alpha value is -1.22. The Labute approximate surface area is 91.1 Å². The standard InChI is InChI=1S/C12H19NO2/c1-3-4-7-13-9-10-8-11(15-2)5-6-12(10)14/h5-6,8,13-14H,3-4,7,9H2,1-2H3. The van der Waals surface area contributed by atoms with Gasteiger partial charge in [-0.15, -0.1) is 0 Å². The molecule has 84 valence electrons. The zero-order chi connectivity index (χ0) is 11.1. The van der Waals surface area contributed by atoms with E-state index in [0.717, 1.165) is 24.3 Å². The van der Waals surface area contributed by atoms with Crippen molar-refractivity contribution in [2.24, 2.45) is 0 Å². The second-order valence-electron chi connectivity index (χ2n) is 3.52. The molecule has 1 rings (SSSR count). The molecule has 0 spiro atoms. The first-order valence-corrected chi connectivity index (χ1v) is 5.34. The number of benzene rings is 1. The summed E-state index contributed by atoms with van der Waals surface area (Å²) in [4.78, 5) is 0. The highest BCUT2D eigenvalue weighted by Crippen LogP contribution is 2.22. The molecule has 1 aromatic carbocycles. The van der Waals surface area contributed by atoms with Crippen molar-refractivity contribution in [1.29, 1.82) is 0 Å². The van der Waals surface area contributed by atoms with Crippen LogP contribution in [0.2, 0.25) is 0 Å². The summed E-state index contributed by atoms with van der Waals surface area (Å²) in [5.41, 5.74) is 0.880. The van der Waals surface area contributed by atoms with Crippen LogP contribution in [-0.2, 0) is 6.54 Å². The van der Waals surface area contributed by atoms with Gasteiger partial charge in [0.25, 0.3) is 0 Å². The fraction of sp³-hybridized carbons (Fsp3) is 0.500. The van der Waals surface area contributed by atoms with Gasteiger partial charge in [0.1, 0.15) is 11.5 Å². The van der Waals surface area contributed by atoms with Crippen LogP contribution < -0.4 is 10.1 Å². The van der Waals surface area contributed by atoms with Gasteiger partial charge >= 0.3 is 0 Å². The number of nitrogens with one attached hydrogen (secondary N) is 1. The van der Waals surface area contributed by atoms with E-state index >= 15 is 0 Å². The zero-order valence-corrected chi connectivity index (χ0v) is 9.42. The molecule has 0 saturated carbocycles. The smallest absolute Gasteiger partial charge is 0.120 e. The van der Waals surface area contributed by atoms with Gasteiger partial charge in [0, 0.05) is 12.1 Å². The lowest BCUT2D eigenvalue weighted by Gasteiger charge is -2.08. The van der Waals surface area contributed by atoms with Gasteiger partial charge in [-0.2, -0.15) is 0 Å². The van der Waals surface area contributed by atoms with Crippen molar-refractivity contribution in [1.82, 2.24) is 5.32 Å². The Morgan fingerprint density at radius 1 is 1.40 bits per heavy atom.